The zero-order chi connectivity index (χ0) is 13.1. The van der Waals surface area contributed by atoms with Gasteiger partial charge in [0.15, 0.2) is 0 Å². The molecule has 0 aromatic carbocycles. The summed E-state index contributed by atoms with van der Waals surface area (Å²) < 4.78 is 0. The summed E-state index contributed by atoms with van der Waals surface area (Å²) in [6, 6.07) is -1.39. The Morgan fingerprint density at radius 2 is 2.12 bits per heavy atom. The van der Waals surface area contributed by atoms with Gasteiger partial charge in [-0.2, -0.15) is 0 Å². The standard InChI is InChI=1S/C11H20N2O4/c1-11(2)5-3-6-13(11)10(17)12-8(4-7-14)9(15)16/h8,14H,3-7H2,1-2H3,(H,12,17)(H,15,16). The van der Waals surface area contributed by atoms with Gasteiger partial charge < -0.3 is 20.4 Å². The number of hydrogen-bond acceptors (Lipinski definition) is 3. The van der Waals surface area contributed by atoms with Gasteiger partial charge in [-0.15, -0.1) is 0 Å². The average Bonchev–Trinajstić information content (AvgIpc) is 2.57. The summed E-state index contributed by atoms with van der Waals surface area (Å²) in [5, 5.41) is 20.1. The summed E-state index contributed by atoms with van der Waals surface area (Å²) in [7, 11) is 0. The van der Waals surface area contributed by atoms with E-state index < -0.39 is 12.0 Å². The lowest BCUT2D eigenvalue weighted by Crippen LogP contribution is -2.52. The van der Waals surface area contributed by atoms with E-state index in [2.05, 4.69) is 5.32 Å². The van der Waals surface area contributed by atoms with Gasteiger partial charge >= 0.3 is 12.0 Å². The van der Waals surface area contributed by atoms with Crippen LogP contribution in [0.15, 0.2) is 0 Å². The van der Waals surface area contributed by atoms with Gasteiger partial charge in [0.05, 0.1) is 0 Å². The second-order valence-electron chi connectivity index (χ2n) is 4.92. The molecule has 0 aliphatic carbocycles. The molecule has 1 heterocycles. The SMILES string of the molecule is CC1(C)CCCN1C(=O)NC(CCO)C(=O)O. The molecule has 17 heavy (non-hydrogen) atoms. The lowest BCUT2D eigenvalue weighted by Gasteiger charge is -2.32. The van der Waals surface area contributed by atoms with Crippen LogP contribution >= 0.6 is 0 Å². The highest BCUT2D eigenvalue weighted by Crippen LogP contribution is 2.27. The zero-order valence-corrected chi connectivity index (χ0v) is 10.3. The molecule has 1 fully saturated rings. The Kier molecular flexibility index (Phi) is 4.34. The van der Waals surface area contributed by atoms with E-state index >= 15 is 0 Å². The molecule has 3 N–H and O–H groups in total. The van der Waals surface area contributed by atoms with Gasteiger partial charge in [0, 0.05) is 25.1 Å². The molecule has 1 aliphatic heterocycles. The Hall–Kier alpha value is -1.30. The number of carboxylic acid groups (broad SMARTS) is 1. The molecule has 0 spiro atoms. The molecule has 0 radical (unpaired) electrons. The van der Waals surface area contributed by atoms with Gasteiger partial charge in [-0.25, -0.2) is 9.59 Å². The quantitative estimate of drug-likeness (QED) is 0.668. The zero-order valence-electron chi connectivity index (χ0n) is 10.3. The first-order chi connectivity index (χ1) is 7.88. The number of likely N-dealkylation sites (tertiary alicyclic amines) is 1. The molecule has 0 aromatic rings. The molecule has 0 aromatic heterocycles. The summed E-state index contributed by atoms with van der Waals surface area (Å²) >= 11 is 0. The fourth-order valence-electron chi connectivity index (χ4n) is 2.10. The maximum absolute atomic E-state index is 11.9. The minimum absolute atomic E-state index is 0.0232. The van der Waals surface area contributed by atoms with Crippen LogP contribution in [0.5, 0.6) is 0 Å². The summed E-state index contributed by atoms with van der Waals surface area (Å²) in [6.45, 7) is 4.30. The smallest absolute Gasteiger partial charge is 0.326 e. The van der Waals surface area contributed by atoms with E-state index in [1.807, 2.05) is 13.8 Å². The van der Waals surface area contributed by atoms with Crippen molar-refractivity contribution in [2.24, 2.45) is 0 Å². The van der Waals surface area contributed by atoms with Gasteiger partial charge in [0.1, 0.15) is 6.04 Å². The van der Waals surface area contributed by atoms with Crippen LogP contribution in [0.1, 0.15) is 33.1 Å². The van der Waals surface area contributed by atoms with Crippen LogP contribution in [-0.4, -0.2) is 51.8 Å². The largest absolute Gasteiger partial charge is 0.480 e. The molecular weight excluding hydrogens is 224 g/mol. The van der Waals surface area contributed by atoms with Crippen LogP contribution in [0, 0.1) is 0 Å². The maximum atomic E-state index is 11.9. The van der Waals surface area contributed by atoms with E-state index in [4.69, 9.17) is 10.2 Å². The summed E-state index contributed by atoms with van der Waals surface area (Å²) in [5.41, 5.74) is -0.230. The number of nitrogens with zero attached hydrogens (tertiary/aromatic N) is 1. The first kappa shape index (κ1) is 13.8. The van der Waals surface area contributed by atoms with Crippen LogP contribution in [0.2, 0.25) is 0 Å². The van der Waals surface area contributed by atoms with Crippen molar-refractivity contribution in [2.75, 3.05) is 13.2 Å². The molecule has 98 valence electrons. The van der Waals surface area contributed by atoms with Crippen molar-refractivity contribution in [3.05, 3.63) is 0 Å². The van der Waals surface area contributed by atoms with Crippen molar-refractivity contribution < 1.29 is 19.8 Å². The predicted molar refractivity (Wildman–Crippen MR) is 61.7 cm³/mol. The van der Waals surface area contributed by atoms with E-state index in [-0.39, 0.29) is 24.6 Å². The second kappa shape index (κ2) is 5.35. The maximum Gasteiger partial charge on any atom is 0.326 e. The molecule has 1 saturated heterocycles. The highest BCUT2D eigenvalue weighted by atomic mass is 16.4. The van der Waals surface area contributed by atoms with Crippen LogP contribution in [0.25, 0.3) is 0 Å². The third kappa shape index (κ3) is 3.33. The normalized spacial score (nSPS) is 20.1. The lowest BCUT2D eigenvalue weighted by atomic mass is 10.0. The van der Waals surface area contributed by atoms with Crippen LogP contribution in [-0.2, 0) is 4.79 Å². The Bertz CT molecular complexity index is 304. The van der Waals surface area contributed by atoms with Crippen molar-refractivity contribution in [2.45, 2.75) is 44.7 Å². The molecule has 1 rings (SSSR count). The number of carboxylic acids is 1. The number of aliphatic hydroxyl groups is 1. The third-order valence-corrected chi connectivity index (χ3v) is 3.16. The number of urea groups is 1. The third-order valence-electron chi connectivity index (χ3n) is 3.16. The van der Waals surface area contributed by atoms with Gasteiger partial charge in [-0.1, -0.05) is 0 Å². The molecular formula is C11H20N2O4. The van der Waals surface area contributed by atoms with Crippen LogP contribution in [0.4, 0.5) is 4.79 Å². The number of carbonyl (C=O) groups excluding carboxylic acids is 1. The van der Waals surface area contributed by atoms with E-state index in [9.17, 15) is 9.59 Å². The molecule has 6 nitrogen and oxygen atoms in total. The van der Waals surface area contributed by atoms with Gasteiger partial charge in [-0.3, -0.25) is 0 Å². The van der Waals surface area contributed by atoms with Crippen LogP contribution in [0.3, 0.4) is 0 Å². The van der Waals surface area contributed by atoms with Crippen molar-refractivity contribution in [1.29, 1.82) is 0 Å². The van der Waals surface area contributed by atoms with E-state index in [1.54, 1.807) is 4.90 Å². The monoisotopic (exact) mass is 244 g/mol. The molecule has 6 heteroatoms. The van der Waals surface area contributed by atoms with Crippen LogP contribution < -0.4 is 5.32 Å². The van der Waals surface area contributed by atoms with E-state index in [0.717, 1.165) is 12.8 Å². The Morgan fingerprint density at radius 3 is 2.53 bits per heavy atom. The molecule has 1 unspecified atom stereocenters. The van der Waals surface area contributed by atoms with E-state index in [1.165, 1.54) is 0 Å². The number of aliphatic hydroxyl groups excluding tert-OH is 1. The first-order valence-electron chi connectivity index (χ1n) is 5.80. The number of carbonyl (C=O) groups is 2. The highest BCUT2D eigenvalue weighted by molar-refractivity contribution is 5.83. The van der Waals surface area contributed by atoms with Gasteiger partial charge in [0.25, 0.3) is 0 Å². The molecule has 0 saturated carbocycles. The van der Waals surface area contributed by atoms with Crippen molar-refractivity contribution in [3.8, 4) is 0 Å². The minimum atomic E-state index is -1.12. The minimum Gasteiger partial charge on any atom is -0.480 e. The number of rotatable bonds is 4. The van der Waals surface area contributed by atoms with Gasteiger partial charge in [0.2, 0.25) is 0 Å². The number of nitrogens with one attached hydrogen (secondary N) is 1. The number of aliphatic carboxylic acids is 1. The first-order valence-corrected chi connectivity index (χ1v) is 5.80. The fourth-order valence-corrected chi connectivity index (χ4v) is 2.10. The van der Waals surface area contributed by atoms with E-state index in [0.29, 0.717) is 6.54 Å². The van der Waals surface area contributed by atoms with Gasteiger partial charge in [-0.05, 0) is 26.7 Å². The number of amides is 2. The molecule has 0 bridgehead atoms. The second-order valence-corrected chi connectivity index (χ2v) is 4.92. The fraction of sp³-hybridized carbons (Fsp3) is 0.818. The Balaban J connectivity index is 2.61. The molecule has 2 amide bonds. The molecule has 1 aliphatic rings. The topological polar surface area (TPSA) is 89.9 Å². The lowest BCUT2D eigenvalue weighted by molar-refractivity contribution is -0.139. The Labute approximate surface area is 101 Å². The summed E-state index contributed by atoms with van der Waals surface area (Å²) in [4.78, 5) is 24.4. The summed E-state index contributed by atoms with van der Waals surface area (Å²) in [6.07, 6.45) is 1.87. The summed E-state index contributed by atoms with van der Waals surface area (Å²) in [5.74, 6) is -1.12. The van der Waals surface area contributed by atoms with Crippen molar-refractivity contribution in [3.63, 3.8) is 0 Å². The average molecular weight is 244 g/mol. The predicted octanol–water partition coefficient (Wildman–Crippen LogP) is 0.406. The molecule has 1 atom stereocenters. The van der Waals surface area contributed by atoms with Crippen molar-refractivity contribution in [1.82, 2.24) is 10.2 Å². The highest BCUT2D eigenvalue weighted by Gasteiger charge is 2.36. The Morgan fingerprint density at radius 1 is 1.47 bits per heavy atom. The van der Waals surface area contributed by atoms with Crippen molar-refractivity contribution >= 4 is 12.0 Å². The number of hydrogen-bond donors (Lipinski definition) is 3.